The van der Waals surface area contributed by atoms with Gasteiger partial charge in [0.15, 0.2) is 5.82 Å². The summed E-state index contributed by atoms with van der Waals surface area (Å²) in [4.78, 5) is 35.9. The number of amides is 4. The van der Waals surface area contributed by atoms with E-state index in [-0.39, 0.29) is 49.1 Å². The van der Waals surface area contributed by atoms with Crippen LogP contribution in [0.4, 0.5) is 10.6 Å². The lowest BCUT2D eigenvalue weighted by Crippen LogP contribution is -2.50. The van der Waals surface area contributed by atoms with E-state index >= 15 is 0 Å². The minimum atomic E-state index is -0.276. The third-order valence-electron chi connectivity index (χ3n) is 4.93. The zero-order valence-corrected chi connectivity index (χ0v) is 16.8. The Hall–Kier alpha value is -3.18. The fourth-order valence-electron chi connectivity index (χ4n) is 3.64. The SMILES string of the molecule is CC(C)NC(=O)NN1Cc2[nH]nc(NC(=O)CC3=CC4NC(=O)COC4C=C3)c2C1. The van der Waals surface area contributed by atoms with Gasteiger partial charge in [0.2, 0.25) is 11.8 Å². The molecule has 11 heteroatoms. The van der Waals surface area contributed by atoms with Crippen molar-refractivity contribution in [2.45, 2.75) is 51.5 Å². The van der Waals surface area contributed by atoms with Gasteiger partial charge in [-0.05, 0) is 19.4 Å². The molecule has 11 nitrogen and oxygen atoms in total. The van der Waals surface area contributed by atoms with Crippen LogP contribution in [0.15, 0.2) is 23.8 Å². The van der Waals surface area contributed by atoms with Crippen molar-refractivity contribution < 1.29 is 19.1 Å². The molecule has 3 heterocycles. The van der Waals surface area contributed by atoms with Gasteiger partial charge in [-0.15, -0.1) is 0 Å². The van der Waals surface area contributed by atoms with Crippen LogP contribution in [0.1, 0.15) is 31.5 Å². The third-order valence-corrected chi connectivity index (χ3v) is 4.93. The van der Waals surface area contributed by atoms with Crippen LogP contribution >= 0.6 is 0 Å². The highest BCUT2D eigenvalue weighted by molar-refractivity contribution is 5.92. The number of carbonyl (C=O) groups excluding carboxylic acids is 3. The Kier molecular flexibility index (Phi) is 5.55. The Morgan fingerprint density at radius 1 is 1.37 bits per heavy atom. The molecular weight excluding hydrogens is 390 g/mol. The van der Waals surface area contributed by atoms with E-state index in [2.05, 4.69) is 31.6 Å². The van der Waals surface area contributed by atoms with Crippen molar-refractivity contribution in [1.82, 2.24) is 31.3 Å². The van der Waals surface area contributed by atoms with Crippen molar-refractivity contribution in [3.63, 3.8) is 0 Å². The number of hydrogen-bond acceptors (Lipinski definition) is 6. The second-order valence-electron chi connectivity index (χ2n) is 7.82. The van der Waals surface area contributed by atoms with E-state index in [0.717, 1.165) is 16.8 Å². The number of aromatic amines is 1. The maximum absolute atomic E-state index is 12.5. The highest BCUT2D eigenvalue weighted by Gasteiger charge is 2.30. The molecule has 0 bridgehead atoms. The number of rotatable bonds is 5. The number of hydrazine groups is 1. The Morgan fingerprint density at radius 3 is 3.00 bits per heavy atom. The van der Waals surface area contributed by atoms with E-state index in [1.165, 1.54) is 0 Å². The molecule has 1 aromatic rings. The van der Waals surface area contributed by atoms with Crippen LogP contribution in [0.5, 0.6) is 0 Å². The molecule has 1 aromatic heterocycles. The molecule has 2 aliphatic heterocycles. The van der Waals surface area contributed by atoms with Crippen LogP contribution in [-0.2, 0) is 27.4 Å². The van der Waals surface area contributed by atoms with Crippen molar-refractivity contribution in [2.75, 3.05) is 11.9 Å². The highest BCUT2D eigenvalue weighted by atomic mass is 16.5. The van der Waals surface area contributed by atoms with Crippen molar-refractivity contribution in [2.24, 2.45) is 0 Å². The van der Waals surface area contributed by atoms with Gasteiger partial charge in [-0.1, -0.05) is 18.2 Å². The highest BCUT2D eigenvalue weighted by Crippen LogP contribution is 2.26. The van der Waals surface area contributed by atoms with E-state index in [4.69, 9.17) is 4.74 Å². The number of hydrogen-bond donors (Lipinski definition) is 5. The van der Waals surface area contributed by atoms with E-state index in [1.54, 1.807) is 5.01 Å². The minimum Gasteiger partial charge on any atom is -0.362 e. The monoisotopic (exact) mass is 415 g/mol. The van der Waals surface area contributed by atoms with Gasteiger partial charge in [-0.25, -0.2) is 9.80 Å². The molecular formula is C19H25N7O4. The smallest absolute Gasteiger partial charge is 0.329 e. The van der Waals surface area contributed by atoms with Crippen LogP contribution in [0, 0.1) is 0 Å². The summed E-state index contributed by atoms with van der Waals surface area (Å²) in [7, 11) is 0. The molecule has 1 saturated heterocycles. The Morgan fingerprint density at radius 2 is 2.20 bits per heavy atom. The number of anilines is 1. The molecule has 0 saturated carbocycles. The zero-order valence-electron chi connectivity index (χ0n) is 16.8. The predicted octanol–water partition coefficient (Wildman–Crippen LogP) is 0.0563. The summed E-state index contributed by atoms with van der Waals surface area (Å²) in [5.41, 5.74) is 5.26. The molecule has 0 aromatic carbocycles. The van der Waals surface area contributed by atoms with E-state index in [9.17, 15) is 14.4 Å². The Labute approximate surface area is 173 Å². The number of nitrogens with one attached hydrogen (secondary N) is 5. The van der Waals surface area contributed by atoms with Crippen LogP contribution in [0.2, 0.25) is 0 Å². The molecule has 4 amide bonds. The van der Waals surface area contributed by atoms with Crippen LogP contribution in [0.3, 0.4) is 0 Å². The Bertz CT molecular complexity index is 920. The molecule has 0 spiro atoms. The molecule has 2 unspecified atom stereocenters. The number of morpholine rings is 1. The van der Waals surface area contributed by atoms with Crippen LogP contribution in [-0.4, -0.2) is 57.8 Å². The quantitative estimate of drug-likeness (QED) is 0.461. The number of H-pyrrole nitrogens is 1. The summed E-state index contributed by atoms with van der Waals surface area (Å²) in [5, 5.41) is 17.3. The summed E-state index contributed by atoms with van der Waals surface area (Å²) in [5.74, 6) is 0.0701. The molecule has 1 fully saturated rings. The first-order valence-electron chi connectivity index (χ1n) is 9.85. The first kappa shape index (κ1) is 20.1. The van der Waals surface area contributed by atoms with Gasteiger partial charge in [-0.2, -0.15) is 5.10 Å². The molecule has 4 rings (SSSR count). The number of carbonyl (C=O) groups is 3. The van der Waals surface area contributed by atoms with Crippen molar-refractivity contribution >= 4 is 23.7 Å². The number of nitrogens with zero attached hydrogens (tertiary/aromatic N) is 2. The van der Waals surface area contributed by atoms with Gasteiger partial charge in [-0.3, -0.25) is 20.1 Å². The first-order valence-corrected chi connectivity index (χ1v) is 9.85. The van der Waals surface area contributed by atoms with Crippen molar-refractivity contribution in [3.8, 4) is 0 Å². The van der Waals surface area contributed by atoms with Gasteiger partial charge >= 0.3 is 6.03 Å². The average Bonchev–Trinajstić information content (AvgIpc) is 3.21. The molecule has 3 aliphatic rings. The van der Waals surface area contributed by atoms with Gasteiger partial charge < -0.3 is 20.7 Å². The number of allylic oxidation sites excluding steroid dienone is 1. The normalized spacial score (nSPS) is 22.8. The lowest BCUT2D eigenvalue weighted by molar-refractivity contribution is -0.133. The molecule has 5 N–H and O–H groups in total. The Balaban J connectivity index is 1.32. The van der Waals surface area contributed by atoms with Crippen molar-refractivity contribution in [1.29, 1.82) is 0 Å². The first-order chi connectivity index (χ1) is 14.4. The molecule has 160 valence electrons. The van der Waals surface area contributed by atoms with E-state index in [1.807, 2.05) is 32.1 Å². The molecule has 30 heavy (non-hydrogen) atoms. The van der Waals surface area contributed by atoms with Gasteiger partial charge in [0.1, 0.15) is 12.7 Å². The maximum atomic E-state index is 12.5. The summed E-state index contributed by atoms with van der Waals surface area (Å²) in [6, 6.07) is -0.499. The summed E-state index contributed by atoms with van der Waals surface area (Å²) in [6.07, 6.45) is 5.48. The second kappa shape index (κ2) is 8.28. The number of urea groups is 1. The van der Waals surface area contributed by atoms with Crippen LogP contribution in [0.25, 0.3) is 0 Å². The molecule has 1 aliphatic carbocycles. The van der Waals surface area contributed by atoms with Gasteiger partial charge in [0, 0.05) is 18.2 Å². The fourth-order valence-corrected chi connectivity index (χ4v) is 3.64. The minimum absolute atomic E-state index is 0.0360. The summed E-state index contributed by atoms with van der Waals surface area (Å²) < 4.78 is 5.44. The third kappa shape index (κ3) is 4.52. The zero-order chi connectivity index (χ0) is 21.3. The topological polar surface area (TPSA) is 140 Å². The van der Waals surface area contributed by atoms with Gasteiger partial charge in [0.05, 0.1) is 24.7 Å². The van der Waals surface area contributed by atoms with Crippen molar-refractivity contribution in [3.05, 3.63) is 35.1 Å². The fraction of sp³-hybridized carbons (Fsp3) is 0.474. The van der Waals surface area contributed by atoms with Gasteiger partial charge in [0.25, 0.3) is 0 Å². The molecule has 2 atom stereocenters. The summed E-state index contributed by atoms with van der Waals surface area (Å²) in [6.45, 7) is 4.72. The average molecular weight is 415 g/mol. The number of fused-ring (bicyclic) bond motifs is 2. The number of aromatic nitrogens is 2. The maximum Gasteiger partial charge on any atom is 0.329 e. The standard InChI is InChI=1S/C19H25N7O4/c1-10(2)20-19(29)25-26-7-12-14(8-26)23-24-18(12)22-16(27)6-11-3-4-15-13(5-11)21-17(28)9-30-15/h3-5,10,13,15H,6-9H2,1-2H3,(H,21,28)(H2,20,25,29)(H2,22,23,24,27). The second-order valence-corrected chi connectivity index (χ2v) is 7.82. The van der Waals surface area contributed by atoms with E-state index < -0.39 is 0 Å². The lowest BCUT2D eigenvalue weighted by atomic mass is 9.97. The van der Waals surface area contributed by atoms with E-state index in [0.29, 0.717) is 18.9 Å². The predicted molar refractivity (Wildman–Crippen MR) is 107 cm³/mol. The molecule has 0 radical (unpaired) electrons. The summed E-state index contributed by atoms with van der Waals surface area (Å²) >= 11 is 0. The number of ether oxygens (including phenoxy) is 1. The lowest BCUT2D eigenvalue weighted by Gasteiger charge is -2.31. The largest absolute Gasteiger partial charge is 0.362 e. The van der Waals surface area contributed by atoms with Crippen LogP contribution < -0.4 is 21.4 Å².